The Morgan fingerprint density at radius 2 is 2.16 bits per heavy atom. The van der Waals surface area contributed by atoms with Crippen LogP contribution in [0.25, 0.3) is 0 Å². The van der Waals surface area contributed by atoms with Gasteiger partial charge in [-0.1, -0.05) is 44.2 Å². The fraction of sp³-hybridized carbons (Fsp3) is 0.769. The van der Waals surface area contributed by atoms with Gasteiger partial charge in [-0.05, 0) is 19.3 Å². The summed E-state index contributed by atoms with van der Waals surface area (Å²) in [5.74, 6) is 0.162. The molecule has 0 spiro atoms. The van der Waals surface area contributed by atoms with Crippen LogP contribution in [0.1, 0.15) is 46.0 Å². The van der Waals surface area contributed by atoms with Crippen molar-refractivity contribution in [3.05, 3.63) is 0 Å². The van der Waals surface area contributed by atoms with Gasteiger partial charge < -0.3 is 5.32 Å². The van der Waals surface area contributed by atoms with Crippen LogP contribution in [0.4, 0.5) is 0 Å². The molecule has 0 bridgehead atoms. The van der Waals surface area contributed by atoms with Crippen LogP contribution < -0.4 is 5.32 Å². The predicted molar refractivity (Wildman–Crippen MR) is 83.1 cm³/mol. The number of amides is 2. The van der Waals surface area contributed by atoms with Crippen LogP contribution in [-0.2, 0) is 9.59 Å². The lowest BCUT2D eigenvalue weighted by Crippen LogP contribution is -2.33. The van der Waals surface area contributed by atoms with Gasteiger partial charge in [0.05, 0.1) is 5.25 Å². The first kappa shape index (κ1) is 16.4. The second-order valence-corrected chi connectivity index (χ2v) is 6.41. The molecule has 0 aromatic carbocycles. The number of thioether (sulfide) groups is 1. The van der Waals surface area contributed by atoms with E-state index in [1.54, 1.807) is 4.90 Å². The lowest BCUT2D eigenvalue weighted by atomic mass is 10.2. The molecule has 0 aromatic heterocycles. The number of carbonyl (C=O) groups is 2. The maximum atomic E-state index is 12.0. The van der Waals surface area contributed by atoms with E-state index in [1.165, 1.54) is 11.8 Å². The zero-order chi connectivity index (χ0) is 14.3. The van der Waals surface area contributed by atoms with Gasteiger partial charge in [-0.3, -0.25) is 14.5 Å². The quantitative estimate of drug-likeness (QED) is 0.552. The number of unbranched alkanes of at least 4 members (excludes halogenated alkanes) is 1. The molecule has 0 saturated carbocycles. The fourth-order valence-electron chi connectivity index (χ4n) is 1.85. The summed E-state index contributed by atoms with van der Waals surface area (Å²) in [4.78, 5) is 25.1. The molecule has 0 radical (unpaired) electrons. The zero-order valence-electron chi connectivity index (χ0n) is 11.6. The Morgan fingerprint density at radius 3 is 2.74 bits per heavy atom. The summed E-state index contributed by atoms with van der Waals surface area (Å²) < 4.78 is 0.656. The number of hydrogen-bond acceptors (Lipinski definition) is 4. The Hall–Kier alpha value is -0.620. The summed E-state index contributed by atoms with van der Waals surface area (Å²) in [7, 11) is 0. The number of hydrogen-bond donors (Lipinski definition) is 1. The number of rotatable bonds is 8. The van der Waals surface area contributed by atoms with Crippen molar-refractivity contribution >= 4 is 40.1 Å². The molecular weight excluding hydrogens is 280 g/mol. The van der Waals surface area contributed by atoms with E-state index in [1.807, 2.05) is 6.92 Å². The van der Waals surface area contributed by atoms with E-state index in [0.29, 0.717) is 23.7 Å². The third kappa shape index (κ3) is 5.10. The Morgan fingerprint density at radius 1 is 1.42 bits per heavy atom. The van der Waals surface area contributed by atoms with Gasteiger partial charge >= 0.3 is 0 Å². The highest BCUT2D eigenvalue weighted by Gasteiger charge is 2.34. The third-order valence-corrected chi connectivity index (χ3v) is 4.76. The molecule has 1 aliphatic heterocycles. The van der Waals surface area contributed by atoms with Gasteiger partial charge in [0.2, 0.25) is 11.8 Å². The topological polar surface area (TPSA) is 49.4 Å². The van der Waals surface area contributed by atoms with Crippen LogP contribution in [0.5, 0.6) is 0 Å². The highest BCUT2D eigenvalue weighted by molar-refractivity contribution is 8.24. The van der Waals surface area contributed by atoms with E-state index in [4.69, 9.17) is 12.2 Å². The number of thiocarbonyl (C=S) groups is 1. The van der Waals surface area contributed by atoms with Crippen LogP contribution in [0, 0.1) is 0 Å². The van der Waals surface area contributed by atoms with Gasteiger partial charge in [-0.15, -0.1) is 0 Å². The maximum absolute atomic E-state index is 12.0. The smallest absolute Gasteiger partial charge is 0.241 e. The molecule has 1 heterocycles. The Bertz CT molecular complexity index is 348. The van der Waals surface area contributed by atoms with Gasteiger partial charge in [0.25, 0.3) is 0 Å². The minimum Gasteiger partial charge on any atom is -0.356 e. The Balaban J connectivity index is 2.24. The lowest BCUT2D eigenvalue weighted by Gasteiger charge is -2.15. The summed E-state index contributed by atoms with van der Waals surface area (Å²) in [6.07, 6.45) is 4.01. The molecule has 19 heavy (non-hydrogen) atoms. The van der Waals surface area contributed by atoms with E-state index in [2.05, 4.69) is 12.2 Å². The zero-order valence-corrected chi connectivity index (χ0v) is 13.2. The molecule has 4 nitrogen and oxygen atoms in total. The van der Waals surface area contributed by atoms with E-state index in [-0.39, 0.29) is 17.1 Å². The summed E-state index contributed by atoms with van der Waals surface area (Å²) in [6.45, 7) is 5.38. The van der Waals surface area contributed by atoms with Crippen molar-refractivity contribution in [3.8, 4) is 0 Å². The monoisotopic (exact) mass is 302 g/mol. The van der Waals surface area contributed by atoms with Crippen LogP contribution in [-0.4, -0.2) is 39.4 Å². The van der Waals surface area contributed by atoms with Gasteiger partial charge in [0.15, 0.2) is 0 Å². The van der Waals surface area contributed by atoms with Crippen molar-refractivity contribution in [2.45, 2.75) is 51.2 Å². The second-order valence-electron chi connectivity index (χ2n) is 4.58. The molecule has 1 atom stereocenters. The molecule has 6 heteroatoms. The average Bonchev–Trinajstić information content (AvgIpc) is 2.66. The minimum atomic E-state index is -0.0223. The molecule has 2 amide bonds. The van der Waals surface area contributed by atoms with Crippen molar-refractivity contribution in [3.63, 3.8) is 0 Å². The Kier molecular flexibility index (Phi) is 7.38. The van der Waals surface area contributed by atoms with Crippen molar-refractivity contribution < 1.29 is 9.59 Å². The van der Waals surface area contributed by atoms with Crippen molar-refractivity contribution in [1.29, 1.82) is 0 Å². The first-order valence-electron chi connectivity index (χ1n) is 6.88. The number of nitrogens with zero attached hydrogens (tertiary/aromatic N) is 1. The molecule has 1 rings (SSSR count). The van der Waals surface area contributed by atoms with Gasteiger partial charge in [-0.2, -0.15) is 0 Å². The first-order valence-corrected chi connectivity index (χ1v) is 8.17. The number of carbonyl (C=O) groups excluding carboxylic acids is 2. The normalized spacial score (nSPS) is 19.1. The van der Waals surface area contributed by atoms with Crippen LogP contribution in [0.2, 0.25) is 0 Å². The second kappa shape index (κ2) is 8.53. The van der Waals surface area contributed by atoms with Gasteiger partial charge in [-0.25, -0.2) is 0 Å². The van der Waals surface area contributed by atoms with Crippen LogP contribution in [0.15, 0.2) is 0 Å². The molecule has 1 saturated heterocycles. The molecular formula is C13H22N2O2S2. The SMILES string of the molecule is CCCCNC(=O)CCCN1C(=O)C(CC)SC1=S. The molecule has 1 N–H and O–H groups in total. The molecule has 1 aliphatic rings. The minimum absolute atomic E-state index is 0.0223. The molecule has 1 unspecified atom stereocenters. The van der Waals surface area contributed by atoms with E-state index in [0.717, 1.165) is 25.8 Å². The highest BCUT2D eigenvalue weighted by Crippen LogP contribution is 2.29. The average molecular weight is 302 g/mol. The summed E-state index contributed by atoms with van der Waals surface area (Å²) in [5.41, 5.74) is 0. The Labute approximate surface area is 124 Å². The van der Waals surface area contributed by atoms with Gasteiger partial charge in [0.1, 0.15) is 4.32 Å². The predicted octanol–water partition coefficient (Wildman–Crippen LogP) is 2.32. The summed E-state index contributed by atoms with van der Waals surface area (Å²) in [6, 6.07) is 0. The summed E-state index contributed by atoms with van der Waals surface area (Å²) >= 11 is 6.66. The van der Waals surface area contributed by atoms with E-state index < -0.39 is 0 Å². The molecule has 1 fully saturated rings. The van der Waals surface area contributed by atoms with Crippen molar-refractivity contribution in [2.24, 2.45) is 0 Å². The van der Waals surface area contributed by atoms with Crippen molar-refractivity contribution in [2.75, 3.05) is 13.1 Å². The maximum Gasteiger partial charge on any atom is 0.241 e. The fourth-order valence-corrected chi connectivity index (χ4v) is 3.33. The molecule has 0 aliphatic carbocycles. The largest absolute Gasteiger partial charge is 0.356 e. The highest BCUT2D eigenvalue weighted by atomic mass is 32.2. The van der Waals surface area contributed by atoms with Crippen molar-refractivity contribution in [1.82, 2.24) is 10.2 Å². The lowest BCUT2D eigenvalue weighted by molar-refractivity contribution is -0.127. The van der Waals surface area contributed by atoms with Crippen LogP contribution in [0.3, 0.4) is 0 Å². The standard InChI is InChI=1S/C13H22N2O2S2/c1-3-5-8-14-11(16)7-6-9-15-12(17)10(4-2)19-13(15)18/h10H,3-9H2,1-2H3,(H,14,16). The third-order valence-electron chi connectivity index (χ3n) is 3.01. The van der Waals surface area contributed by atoms with E-state index in [9.17, 15) is 9.59 Å². The van der Waals surface area contributed by atoms with Crippen LogP contribution >= 0.6 is 24.0 Å². The number of nitrogens with one attached hydrogen (secondary N) is 1. The summed E-state index contributed by atoms with van der Waals surface area (Å²) in [5, 5.41) is 2.85. The first-order chi connectivity index (χ1) is 9.10. The van der Waals surface area contributed by atoms with Gasteiger partial charge in [0, 0.05) is 19.5 Å². The molecule has 108 valence electrons. The molecule has 0 aromatic rings. The van der Waals surface area contributed by atoms with E-state index >= 15 is 0 Å².